The molecule has 0 aliphatic rings. The summed E-state index contributed by atoms with van der Waals surface area (Å²) in [6.07, 6.45) is 0.354. The summed E-state index contributed by atoms with van der Waals surface area (Å²) < 4.78 is 27.3. The molecule has 0 bridgehead atoms. The molecule has 0 saturated carbocycles. The minimum Gasteiger partial charge on any atom is -0.475 e. The van der Waals surface area contributed by atoms with E-state index in [4.69, 9.17) is 19.0 Å². The standard InChI is InChI=1S/C14H20O7S/c1-3-12(14(17)20-8-7-19-4-2)22(18)9-10-5-6-11(21-10)13(15)16/h5-6,12H,3-4,7-9H2,1-2H3,(H,15,16). The predicted octanol–water partition coefficient (Wildman–Crippen LogP) is 1.58. The SMILES string of the molecule is CCOCCOC(=O)C(CC)S(=O)Cc1ccc(C(=O)O)o1. The van der Waals surface area contributed by atoms with Gasteiger partial charge in [-0.25, -0.2) is 4.79 Å². The van der Waals surface area contributed by atoms with Crippen LogP contribution in [0.3, 0.4) is 0 Å². The molecule has 0 aliphatic heterocycles. The van der Waals surface area contributed by atoms with E-state index < -0.39 is 28.0 Å². The lowest BCUT2D eigenvalue weighted by molar-refractivity contribution is -0.144. The van der Waals surface area contributed by atoms with Crippen molar-refractivity contribution in [1.29, 1.82) is 0 Å². The van der Waals surface area contributed by atoms with Crippen molar-refractivity contribution in [2.45, 2.75) is 31.3 Å². The Balaban J connectivity index is 2.55. The van der Waals surface area contributed by atoms with E-state index in [1.54, 1.807) is 6.92 Å². The second-order valence-electron chi connectivity index (χ2n) is 4.36. The van der Waals surface area contributed by atoms with Crippen LogP contribution in [0.5, 0.6) is 0 Å². The summed E-state index contributed by atoms with van der Waals surface area (Å²) in [4.78, 5) is 22.6. The molecule has 1 aromatic rings. The number of carbonyl (C=O) groups is 2. The van der Waals surface area contributed by atoms with Crippen molar-refractivity contribution < 1.29 is 32.8 Å². The Morgan fingerprint density at radius 2 is 2.05 bits per heavy atom. The van der Waals surface area contributed by atoms with Gasteiger partial charge in [0, 0.05) is 17.4 Å². The van der Waals surface area contributed by atoms with E-state index in [1.165, 1.54) is 12.1 Å². The van der Waals surface area contributed by atoms with Gasteiger partial charge in [-0.1, -0.05) is 6.92 Å². The van der Waals surface area contributed by atoms with Crippen molar-refractivity contribution >= 4 is 22.7 Å². The zero-order chi connectivity index (χ0) is 16.5. The van der Waals surface area contributed by atoms with Gasteiger partial charge < -0.3 is 19.0 Å². The Morgan fingerprint density at radius 3 is 2.59 bits per heavy atom. The lowest BCUT2D eigenvalue weighted by atomic mass is 10.3. The molecule has 124 valence electrons. The maximum atomic E-state index is 12.2. The third kappa shape index (κ3) is 5.61. The first-order chi connectivity index (χ1) is 10.5. The molecule has 1 N–H and O–H groups in total. The molecule has 2 unspecified atom stereocenters. The Labute approximate surface area is 131 Å². The fourth-order valence-corrected chi connectivity index (χ4v) is 3.00. The second kappa shape index (κ2) is 9.37. The first-order valence-corrected chi connectivity index (χ1v) is 8.31. The second-order valence-corrected chi connectivity index (χ2v) is 5.98. The molecular formula is C14H20O7S. The average molecular weight is 332 g/mol. The molecule has 0 aromatic carbocycles. The van der Waals surface area contributed by atoms with Gasteiger partial charge in [0.2, 0.25) is 5.76 Å². The van der Waals surface area contributed by atoms with Gasteiger partial charge in [-0.15, -0.1) is 0 Å². The maximum absolute atomic E-state index is 12.2. The highest BCUT2D eigenvalue weighted by molar-refractivity contribution is 7.85. The Bertz CT molecular complexity index is 523. The number of aromatic carboxylic acids is 1. The van der Waals surface area contributed by atoms with Gasteiger partial charge in [0.25, 0.3) is 0 Å². The fraction of sp³-hybridized carbons (Fsp3) is 0.571. The molecule has 0 amide bonds. The van der Waals surface area contributed by atoms with Crippen molar-refractivity contribution in [3.05, 3.63) is 23.7 Å². The van der Waals surface area contributed by atoms with E-state index in [0.29, 0.717) is 19.6 Å². The van der Waals surface area contributed by atoms with Gasteiger partial charge in [0.05, 0.1) is 12.4 Å². The summed E-state index contributed by atoms with van der Waals surface area (Å²) in [5.41, 5.74) is 0. The highest BCUT2D eigenvalue weighted by atomic mass is 32.2. The molecule has 0 saturated heterocycles. The Kier molecular flexibility index (Phi) is 7.83. The number of ether oxygens (including phenoxy) is 2. The quantitative estimate of drug-likeness (QED) is 0.512. The molecule has 7 nitrogen and oxygen atoms in total. The minimum absolute atomic E-state index is 0.0354. The van der Waals surface area contributed by atoms with E-state index in [-0.39, 0.29) is 23.9 Å². The molecule has 22 heavy (non-hydrogen) atoms. The van der Waals surface area contributed by atoms with Gasteiger partial charge in [0.15, 0.2) is 0 Å². The lowest BCUT2D eigenvalue weighted by Gasteiger charge is -2.13. The van der Waals surface area contributed by atoms with Crippen LogP contribution >= 0.6 is 0 Å². The van der Waals surface area contributed by atoms with Crippen LogP contribution in [0, 0.1) is 0 Å². The molecule has 1 rings (SSSR count). The maximum Gasteiger partial charge on any atom is 0.371 e. The number of furan rings is 1. The minimum atomic E-state index is -1.55. The van der Waals surface area contributed by atoms with Crippen molar-refractivity contribution in [1.82, 2.24) is 0 Å². The van der Waals surface area contributed by atoms with Crippen molar-refractivity contribution in [2.24, 2.45) is 0 Å². The first-order valence-electron chi connectivity index (χ1n) is 6.93. The number of carboxylic acids is 1. The molecule has 1 aromatic heterocycles. The van der Waals surface area contributed by atoms with E-state index >= 15 is 0 Å². The molecule has 0 aliphatic carbocycles. The fourth-order valence-electron chi connectivity index (χ4n) is 1.71. The number of carbonyl (C=O) groups excluding carboxylic acids is 1. The van der Waals surface area contributed by atoms with Crippen LogP contribution in [-0.4, -0.2) is 46.3 Å². The molecular weight excluding hydrogens is 312 g/mol. The number of hydrogen-bond donors (Lipinski definition) is 1. The molecule has 1 heterocycles. The zero-order valence-corrected chi connectivity index (χ0v) is 13.4. The highest BCUT2D eigenvalue weighted by Crippen LogP contribution is 2.14. The monoisotopic (exact) mass is 332 g/mol. The first kappa shape index (κ1) is 18.4. The molecule has 0 radical (unpaired) electrons. The zero-order valence-electron chi connectivity index (χ0n) is 12.6. The average Bonchev–Trinajstić information content (AvgIpc) is 2.93. The third-order valence-corrected chi connectivity index (χ3v) is 4.51. The number of esters is 1. The number of carboxylic acid groups (broad SMARTS) is 1. The van der Waals surface area contributed by atoms with Crippen LogP contribution in [0.4, 0.5) is 0 Å². The highest BCUT2D eigenvalue weighted by Gasteiger charge is 2.26. The van der Waals surface area contributed by atoms with Crippen LogP contribution in [0.2, 0.25) is 0 Å². The summed E-state index contributed by atoms with van der Waals surface area (Å²) >= 11 is 0. The van der Waals surface area contributed by atoms with Crippen molar-refractivity contribution in [3.8, 4) is 0 Å². The summed E-state index contributed by atoms with van der Waals surface area (Å²) in [7, 11) is -1.55. The van der Waals surface area contributed by atoms with Gasteiger partial charge >= 0.3 is 11.9 Å². The molecule has 0 fully saturated rings. The summed E-state index contributed by atoms with van der Waals surface area (Å²) in [6, 6.07) is 2.73. The smallest absolute Gasteiger partial charge is 0.371 e. The number of rotatable bonds is 10. The molecule has 8 heteroatoms. The van der Waals surface area contributed by atoms with Crippen LogP contribution in [0.15, 0.2) is 16.5 Å². The van der Waals surface area contributed by atoms with Gasteiger partial charge in [-0.05, 0) is 25.5 Å². The van der Waals surface area contributed by atoms with Crippen molar-refractivity contribution in [3.63, 3.8) is 0 Å². The largest absolute Gasteiger partial charge is 0.475 e. The Morgan fingerprint density at radius 1 is 1.32 bits per heavy atom. The normalized spacial score (nSPS) is 13.5. The van der Waals surface area contributed by atoms with E-state index in [1.807, 2.05) is 6.92 Å². The lowest BCUT2D eigenvalue weighted by Crippen LogP contribution is -2.29. The summed E-state index contributed by atoms with van der Waals surface area (Å²) in [6.45, 7) is 4.51. The molecule has 2 atom stereocenters. The Hall–Kier alpha value is -1.67. The van der Waals surface area contributed by atoms with E-state index in [9.17, 15) is 13.8 Å². The van der Waals surface area contributed by atoms with Crippen molar-refractivity contribution in [2.75, 3.05) is 19.8 Å². The predicted molar refractivity (Wildman–Crippen MR) is 79.0 cm³/mol. The summed E-state index contributed by atoms with van der Waals surface area (Å²) in [5, 5.41) is 7.98. The van der Waals surface area contributed by atoms with Crippen LogP contribution < -0.4 is 0 Å². The van der Waals surface area contributed by atoms with Gasteiger partial charge in [0.1, 0.15) is 17.6 Å². The van der Waals surface area contributed by atoms with Crippen LogP contribution in [0.25, 0.3) is 0 Å². The van der Waals surface area contributed by atoms with E-state index in [0.717, 1.165) is 0 Å². The van der Waals surface area contributed by atoms with Gasteiger partial charge in [-0.3, -0.25) is 9.00 Å². The van der Waals surface area contributed by atoms with Crippen LogP contribution in [-0.2, 0) is 30.8 Å². The summed E-state index contributed by atoms with van der Waals surface area (Å²) in [5.74, 6) is -1.74. The third-order valence-electron chi connectivity index (χ3n) is 2.78. The van der Waals surface area contributed by atoms with E-state index in [2.05, 4.69) is 0 Å². The van der Waals surface area contributed by atoms with Gasteiger partial charge in [-0.2, -0.15) is 0 Å². The topological polar surface area (TPSA) is 103 Å². The molecule has 0 spiro atoms. The van der Waals surface area contributed by atoms with Crippen LogP contribution in [0.1, 0.15) is 36.6 Å². The number of hydrogen-bond acceptors (Lipinski definition) is 6.